The molecule has 0 aromatic heterocycles. The van der Waals surface area contributed by atoms with Crippen molar-refractivity contribution in [1.82, 2.24) is 5.32 Å². The summed E-state index contributed by atoms with van der Waals surface area (Å²) in [6.45, 7) is 4.15. The highest BCUT2D eigenvalue weighted by atomic mass is 79.9. The molecule has 0 fully saturated rings. The van der Waals surface area contributed by atoms with Gasteiger partial charge in [-0.2, -0.15) is 0 Å². The molecule has 0 saturated carbocycles. The molecule has 4 heteroatoms. The molecule has 20 heavy (non-hydrogen) atoms. The molecule has 2 aromatic carbocycles. The lowest BCUT2D eigenvalue weighted by Crippen LogP contribution is -2.22. The maximum Gasteiger partial charge on any atom is 0.124 e. The number of nitrogens with one attached hydrogen (secondary N) is 1. The van der Waals surface area contributed by atoms with E-state index in [9.17, 15) is 4.39 Å². The maximum atomic E-state index is 13.1. The van der Waals surface area contributed by atoms with Gasteiger partial charge in [0, 0.05) is 21.6 Å². The van der Waals surface area contributed by atoms with Crippen LogP contribution in [0.1, 0.15) is 37.1 Å². The van der Waals surface area contributed by atoms with Crippen molar-refractivity contribution in [3.05, 3.63) is 68.9 Å². The monoisotopic (exact) mass is 355 g/mol. The van der Waals surface area contributed by atoms with Gasteiger partial charge in [0.05, 0.1) is 0 Å². The van der Waals surface area contributed by atoms with E-state index in [0.29, 0.717) is 0 Å². The van der Waals surface area contributed by atoms with Crippen molar-refractivity contribution in [1.29, 1.82) is 0 Å². The third kappa shape index (κ3) is 3.81. The van der Waals surface area contributed by atoms with E-state index < -0.39 is 0 Å². The minimum absolute atomic E-state index is 0.107. The molecule has 0 radical (unpaired) electrons. The first-order chi connectivity index (χ1) is 9.47. The molecule has 0 aliphatic heterocycles. The fraction of sp³-hybridized carbons (Fsp3) is 0.250. The van der Waals surface area contributed by atoms with Gasteiger partial charge in [-0.05, 0) is 49.2 Å². The van der Waals surface area contributed by atoms with Crippen LogP contribution in [0.15, 0.2) is 46.9 Å². The van der Waals surface area contributed by atoms with Crippen LogP contribution in [0.3, 0.4) is 0 Å². The van der Waals surface area contributed by atoms with E-state index in [1.165, 1.54) is 17.7 Å². The molecule has 0 bridgehead atoms. The van der Waals surface area contributed by atoms with Crippen LogP contribution in [0, 0.1) is 5.82 Å². The van der Waals surface area contributed by atoms with Gasteiger partial charge in [-0.3, -0.25) is 0 Å². The van der Waals surface area contributed by atoms with Gasteiger partial charge in [0.2, 0.25) is 0 Å². The highest BCUT2D eigenvalue weighted by Gasteiger charge is 2.13. The molecule has 1 nitrogen and oxygen atoms in total. The van der Waals surface area contributed by atoms with Crippen LogP contribution >= 0.6 is 27.5 Å². The van der Waals surface area contributed by atoms with E-state index in [-0.39, 0.29) is 17.9 Å². The molecule has 2 rings (SSSR count). The average Bonchev–Trinajstić information content (AvgIpc) is 2.39. The highest BCUT2D eigenvalue weighted by Crippen LogP contribution is 2.26. The summed E-state index contributed by atoms with van der Waals surface area (Å²) in [5.41, 5.74) is 2.20. The molecule has 1 N–H and O–H groups in total. The lowest BCUT2D eigenvalue weighted by molar-refractivity contribution is 0.492. The Morgan fingerprint density at radius 1 is 1.05 bits per heavy atom. The fourth-order valence-electron chi connectivity index (χ4n) is 2.17. The minimum Gasteiger partial charge on any atom is -0.304 e. The van der Waals surface area contributed by atoms with Crippen molar-refractivity contribution < 1.29 is 4.39 Å². The van der Waals surface area contributed by atoms with E-state index in [0.717, 1.165) is 15.1 Å². The molecule has 2 atom stereocenters. The van der Waals surface area contributed by atoms with Crippen LogP contribution in [0.2, 0.25) is 5.02 Å². The van der Waals surface area contributed by atoms with Crippen LogP contribution in [-0.2, 0) is 0 Å². The Hall–Kier alpha value is -0.900. The Kier molecular flexibility index (Phi) is 5.19. The second-order valence-electron chi connectivity index (χ2n) is 4.83. The molecular weight excluding hydrogens is 341 g/mol. The Balaban J connectivity index is 2.10. The van der Waals surface area contributed by atoms with Crippen LogP contribution in [0.5, 0.6) is 0 Å². The van der Waals surface area contributed by atoms with Gasteiger partial charge in [0.1, 0.15) is 5.82 Å². The number of rotatable bonds is 4. The molecular formula is C16H16BrClFN. The summed E-state index contributed by atoms with van der Waals surface area (Å²) in [4.78, 5) is 0. The van der Waals surface area contributed by atoms with Crippen molar-refractivity contribution in [3.63, 3.8) is 0 Å². The number of hydrogen-bond acceptors (Lipinski definition) is 1. The summed E-state index contributed by atoms with van der Waals surface area (Å²) < 4.78 is 13.9. The standard InChI is InChI=1S/C16H16BrClFN/c1-10(12-3-5-13(18)6-4-12)20-11(2)15-8-7-14(19)9-16(15)17/h3-11,20H,1-2H3. The van der Waals surface area contributed by atoms with Crippen LogP contribution < -0.4 is 5.32 Å². The first-order valence-electron chi connectivity index (χ1n) is 6.44. The second kappa shape index (κ2) is 6.70. The van der Waals surface area contributed by atoms with Crippen molar-refractivity contribution >= 4 is 27.5 Å². The lowest BCUT2D eigenvalue weighted by atomic mass is 10.0. The Morgan fingerprint density at radius 3 is 2.30 bits per heavy atom. The third-order valence-electron chi connectivity index (χ3n) is 3.30. The SMILES string of the molecule is CC(NC(C)c1ccc(F)cc1Br)c1ccc(Cl)cc1. The van der Waals surface area contributed by atoms with Crippen molar-refractivity contribution in [2.24, 2.45) is 0 Å². The van der Waals surface area contributed by atoms with Crippen molar-refractivity contribution in [2.45, 2.75) is 25.9 Å². The first kappa shape index (κ1) is 15.5. The third-order valence-corrected chi connectivity index (χ3v) is 4.24. The highest BCUT2D eigenvalue weighted by molar-refractivity contribution is 9.10. The predicted molar refractivity (Wildman–Crippen MR) is 85.5 cm³/mol. The second-order valence-corrected chi connectivity index (χ2v) is 6.12. The summed E-state index contributed by atoms with van der Waals surface area (Å²) in [5.74, 6) is -0.237. The summed E-state index contributed by atoms with van der Waals surface area (Å²) >= 11 is 9.30. The molecule has 0 aliphatic rings. The summed E-state index contributed by atoms with van der Waals surface area (Å²) in [6.07, 6.45) is 0. The Labute approximate surface area is 132 Å². The first-order valence-corrected chi connectivity index (χ1v) is 7.61. The number of benzene rings is 2. The van der Waals surface area contributed by atoms with Gasteiger partial charge in [-0.25, -0.2) is 4.39 Å². The van der Waals surface area contributed by atoms with Gasteiger partial charge in [0.15, 0.2) is 0 Å². The average molecular weight is 357 g/mol. The molecule has 0 aliphatic carbocycles. The van der Waals surface area contributed by atoms with Crippen LogP contribution in [0.25, 0.3) is 0 Å². The van der Waals surface area contributed by atoms with Gasteiger partial charge >= 0.3 is 0 Å². The van der Waals surface area contributed by atoms with Gasteiger partial charge in [-0.1, -0.05) is 45.7 Å². The van der Waals surface area contributed by atoms with Crippen molar-refractivity contribution in [2.75, 3.05) is 0 Å². The van der Waals surface area contributed by atoms with Gasteiger partial charge in [-0.15, -0.1) is 0 Å². The number of halogens is 3. The molecule has 0 amide bonds. The van der Waals surface area contributed by atoms with E-state index in [1.54, 1.807) is 6.07 Å². The lowest BCUT2D eigenvalue weighted by Gasteiger charge is -2.21. The van der Waals surface area contributed by atoms with Crippen LogP contribution in [0.4, 0.5) is 4.39 Å². The van der Waals surface area contributed by atoms with Gasteiger partial charge in [0.25, 0.3) is 0 Å². The molecule has 0 saturated heterocycles. The van der Waals surface area contributed by atoms with Gasteiger partial charge < -0.3 is 5.32 Å². The summed E-state index contributed by atoms with van der Waals surface area (Å²) in [6, 6.07) is 12.8. The molecule has 106 valence electrons. The van der Waals surface area contributed by atoms with E-state index >= 15 is 0 Å². The Morgan fingerprint density at radius 2 is 1.70 bits per heavy atom. The minimum atomic E-state index is -0.237. The zero-order chi connectivity index (χ0) is 14.7. The van der Waals surface area contributed by atoms with E-state index in [4.69, 9.17) is 11.6 Å². The topological polar surface area (TPSA) is 12.0 Å². The largest absolute Gasteiger partial charge is 0.304 e. The van der Waals surface area contributed by atoms with Crippen LogP contribution in [-0.4, -0.2) is 0 Å². The predicted octanol–water partition coefficient (Wildman–Crippen LogP) is 5.65. The molecule has 2 aromatic rings. The zero-order valence-electron chi connectivity index (χ0n) is 11.3. The van der Waals surface area contributed by atoms with E-state index in [2.05, 4.69) is 35.1 Å². The van der Waals surface area contributed by atoms with Crippen molar-refractivity contribution in [3.8, 4) is 0 Å². The molecule has 0 spiro atoms. The summed E-state index contributed by atoms with van der Waals surface area (Å²) in [7, 11) is 0. The number of hydrogen-bond donors (Lipinski definition) is 1. The molecule has 0 heterocycles. The zero-order valence-corrected chi connectivity index (χ0v) is 13.7. The fourth-order valence-corrected chi connectivity index (χ4v) is 2.99. The summed E-state index contributed by atoms with van der Waals surface area (Å²) in [5, 5.41) is 4.23. The molecule has 2 unspecified atom stereocenters. The smallest absolute Gasteiger partial charge is 0.124 e. The maximum absolute atomic E-state index is 13.1. The quantitative estimate of drug-likeness (QED) is 0.746. The van der Waals surface area contributed by atoms with E-state index in [1.807, 2.05) is 24.3 Å². The Bertz CT molecular complexity index is 586. The normalized spacial score (nSPS) is 14.1.